The largest absolute Gasteiger partial charge is 0.371 e. The molecule has 1 heterocycles. The molecule has 2 aromatic rings. The molecule has 1 aliphatic rings. The van der Waals surface area contributed by atoms with Crippen LogP contribution in [0.15, 0.2) is 28.7 Å². The predicted molar refractivity (Wildman–Crippen MR) is 87.1 cm³/mol. The number of halogens is 1. The highest BCUT2D eigenvalue weighted by Gasteiger charge is 2.35. The second kappa shape index (κ2) is 5.96. The summed E-state index contributed by atoms with van der Waals surface area (Å²) in [6, 6.07) is 8.36. The number of hydrogen-bond acceptors (Lipinski definition) is 3. The summed E-state index contributed by atoms with van der Waals surface area (Å²) in [5.41, 5.74) is 2.28. The summed E-state index contributed by atoms with van der Waals surface area (Å²) in [5.74, 6) is 0.679. The molecule has 1 aromatic heterocycles. The Morgan fingerprint density at radius 3 is 2.65 bits per heavy atom. The molecule has 0 bridgehead atoms. The molecule has 20 heavy (non-hydrogen) atoms. The lowest BCUT2D eigenvalue weighted by Crippen LogP contribution is -2.06. The Morgan fingerprint density at radius 1 is 1.35 bits per heavy atom. The third kappa shape index (κ3) is 2.97. The van der Waals surface area contributed by atoms with E-state index in [1.807, 2.05) is 0 Å². The number of hydrogen-bond donors (Lipinski definition) is 0. The van der Waals surface area contributed by atoms with Crippen molar-refractivity contribution in [3.8, 4) is 11.3 Å². The maximum absolute atomic E-state index is 5.92. The fraction of sp³-hybridized carbons (Fsp3) is 0.438. The van der Waals surface area contributed by atoms with Crippen molar-refractivity contribution in [2.75, 3.05) is 6.61 Å². The molecule has 3 rings (SSSR count). The molecule has 0 aliphatic heterocycles. The molecule has 0 radical (unpaired) electrons. The fourth-order valence-corrected chi connectivity index (χ4v) is 3.75. The van der Waals surface area contributed by atoms with Crippen molar-refractivity contribution in [1.29, 1.82) is 0 Å². The van der Waals surface area contributed by atoms with Gasteiger partial charge in [-0.2, -0.15) is 0 Å². The molecule has 2 nitrogen and oxygen atoms in total. The van der Waals surface area contributed by atoms with Crippen molar-refractivity contribution in [3.63, 3.8) is 0 Å². The summed E-state index contributed by atoms with van der Waals surface area (Å²) in [6.07, 6.45) is 2.75. The average molecular weight is 352 g/mol. The molecule has 1 unspecified atom stereocenters. The summed E-state index contributed by atoms with van der Waals surface area (Å²) >= 11 is 5.26. The number of benzene rings is 1. The number of aryl methyl sites for hydroxylation is 1. The first kappa shape index (κ1) is 14.2. The SMILES string of the molecule is CCOC(c1nc(-c2ccc(Br)cc2)c(C)s1)C1CC1. The molecule has 4 heteroatoms. The molecule has 0 N–H and O–H groups in total. The zero-order valence-corrected chi connectivity index (χ0v) is 14.1. The van der Waals surface area contributed by atoms with E-state index in [2.05, 4.69) is 54.0 Å². The van der Waals surface area contributed by atoms with Crippen LogP contribution in [-0.4, -0.2) is 11.6 Å². The molecule has 0 saturated heterocycles. The van der Waals surface area contributed by atoms with Gasteiger partial charge < -0.3 is 4.74 Å². The van der Waals surface area contributed by atoms with Gasteiger partial charge in [0.1, 0.15) is 11.1 Å². The van der Waals surface area contributed by atoms with Gasteiger partial charge in [-0.05, 0) is 44.7 Å². The highest BCUT2D eigenvalue weighted by atomic mass is 79.9. The van der Waals surface area contributed by atoms with E-state index in [4.69, 9.17) is 9.72 Å². The number of thiazole rings is 1. The first-order valence-corrected chi connectivity index (χ1v) is 8.65. The average Bonchev–Trinajstić information content (AvgIpc) is 3.20. The first-order valence-electron chi connectivity index (χ1n) is 7.04. The predicted octanol–water partition coefficient (Wildman–Crippen LogP) is 5.37. The number of aromatic nitrogens is 1. The molecule has 1 aromatic carbocycles. The molecule has 1 aliphatic carbocycles. The number of ether oxygens (including phenoxy) is 1. The lowest BCUT2D eigenvalue weighted by molar-refractivity contribution is 0.0462. The van der Waals surface area contributed by atoms with E-state index in [9.17, 15) is 0 Å². The fourth-order valence-electron chi connectivity index (χ4n) is 2.40. The van der Waals surface area contributed by atoms with Crippen molar-refractivity contribution < 1.29 is 4.74 Å². The first-order chi connectivity index (χ1) is 9.69. The molecule has 1 atom stereocenters. The van der Waals surface area contributed by atoms with Crippen LogP contribution in [0.1, 0.15) is 35.8 Å². The molecule has 0 amide bonds. The Kier molecular flexibility index (Phi) is 4.24. The second-order valence-electron chi connectivity index (χ2n) is 5.18. The molecular weight excluding hydrogens is 334 g/mol. The summed E-state index contributed by atoms with van der Waals surface area (Å²) in [6.45, 7) is 4.97. The molecular formula is C16H18BrNOS. The van der Waals surface area contributed by atoms with E-state index in [0.717, 1.165) is 21.8 Å². The zero-order chi connectivity index (χ0) is 14.1. The van der Waals surface area contributed by atoms with Crippen LogP contribution in [-0.2, 0) is 4.74 Å². The van der Waals surface area contributed by atoms with Gasteiger partial charge in [-0.1, -0.05) is 28.1 Å². The van der Waals surface area contributed by atoms with Crippen LogP contribution >= 0.6 is 27.3 Å². The molecule has 0 spiro atoms. The van der Waals surface area contributed by atoms with Gasteiger partial charge in [0.2, 0.25) is 0 Å². The van der Waals surface area contributed by atoms with Crippen LogP contribution in [0.2, 0.25) is 0 Å². The van der Waals surface area contributed by atoms with Crippen LogP contribution in [0.25, 0.3) is 11.3 Å². The van der Waals surface area contributed by atoms with E-state index in [-0.39, 0.29) is 6.10 Å². The number of rotatable bonds is 5. The quantitative estimate of drug-likeness (QED) is 0.722. The van der Waals surface area contributed by atoms with Gasteiger partial charge in [-0.15, -0.1) is 11.3 Å². The highest BCUT2D eigenvalue weighted by Crippen LogP contribution is 2.45. The smallest absolute Gasteiger partial charge is 0.123 e. The Hall–Kier alpha value is -0.710. The minimum Gasteiger partial charge on any atom is -0.371 e. The van der Waals surface area contributed by atoms with Crippen molar-refractivity contribution in [2.24, 2.45) is 5.92 Å². The van der Waals surface area contributed by atoms with Crippen LogP contribution in [0, 0.1) is 12.8 Å². The van der Waals surface area contributed by atoms with Gasteiger partial charge in [0.05, 0.1) is 5.69 Å². The third-order valence-electron chi connectivity index (χ3n) is 3.57. The van der Waals surface area contributed by atoms with Gasteiger partial charge in [0.25, 0.3) is 0 Å². The van der Waals surface area contributed by atoms with Crippen LogP contribution in [0.4, 0.5) is 0 Å². The zero-order valence-electron chi connectivity index (χ0n) is 11.7. The van der Waals surface area contributed by atoms with Gasteiger partial charge in [-0.3, -0.25) is 0 Å². The normalized spacial score (nSPS) is 16.4. The maximum Gasteiger partial charge on any atom is 0.123 e. The standard InChI is InChI=1S/C16H18BrNOS/c1-3-19-15(12-4-5-12)16-18-14(10(2)20-16)11-6-8-13(17)9-7-11/h6-9,12,15H,3-5H2,1-2H3. The summed E-state index contributed by atoms with van der Waals surface area (Å²) < 4.78 is 7.01. The van der Waals surface area contributed by atoms with E-state index < -0.39 is 0 Å². The third-order valence-corrected chi connectivity index (χ3v) is 5.13. The molecule has 1 fully saturated rings. The topological polar surface area (TPSA) is 22.1 Å². The highest BCUT2D eigenvalue weighted by molar-refractivity contribution is 9.10. The minimum atomic E-state index is 0.202. The van der Waals surface area contributed by atoms with Crippen molar-refractivity contribution in [1.82, 2.24) is 4.98 Å². The van der Waals surface area contributed by atoms with Crippen LogP contribution in [0.3, 0.4) is 0 Å². The summed E-state index contributed by atoms with van der Waals surface area (Å²) in [7, 11) is 0. The Bertz CT molecular complexity index is 589. The van der Waals surface area contributed by atoms with Gasteiger partial charge in [0.15, 0.2) is 0 Å². The van der Waals surface area contributed by atoms with Crippen molar-refractivity contribution in [3.05, 3.63) is 38.6 Å². The van der Waals surface area contributed by atoms with Crippen LogP contribution < -0.4 is 0 Å². The van der Waals surface area contributed by atoms with Crippen molar-refractivity contribution >= 4 is 27.3 Å². The molecule has 106 valence electrons. The van der Waals surface area contributed by atoms with Gasteiger partial charge in [-0.25, -0.2) is 4.98 Å². The van der Waals surface area contributed by atoms with Crippen molar-refractivity contribution in [2.45, 2.75) is 32.8 Å². The van der Waals surface area contributed by atoms with Crippen LogP contribution in [0.5, 0.6) is 0 Å². The van der Waals surface area contributed by atoms with Gasteiger partial charge in [0, 0.05) is 21.5 Å². The van der Waals surface area contributed by atoms with Gasteiger partial charge >= 0.3 is 0 Å². The summed E-state index contributed by atoms with van der Waals surface area (Å²) in [5, 5.41) is 1.14. The maximum atomic E-state index is 5.92. The Morgan fingerprint density at radius 2 is 2.05 bits per heavy atom. The summed E-state index contributed by atoms with van der Waals surface area (Å²) in [4.78, 5) is 6.14. The Balaban J connectivity index is 1.91. The lowest BCUT2D eigenvalue weighted by Gasteiger charge is -2.12. The van der Waals surface area contributed by atoms with E-state index in [1.165, 1.54) is 23.3 Å². The van der Waals surface area contributed by atoms with E-state index >= 15 is 0 Å². The number of nitrogens with zero attached hydrogens (tertiary/aromatic N) is 1. The van der Waals surface area contributed by atoms with E-state index in [1.54, 1.807) is 11.3 Å². The Labute approximate surface area is 132 Å². The van der Waals surface area contributed by atoms with E-state index in [0.29, 0.717) is 5.92 Å². The molecule has 1 saturated carbocycles. The second-order valence-corrected chi connectivity index (χ2v) is 7.33. The lowest BCUT2D eigenvalue weighted by atomic mass is 10.1. The monoisotopic (exact) mass is 351 g/mol. The minimum absolute atomic E-state index is 0.202.